The molecule has 0 spiro atoms. The van der Waals surface area contributed by atoms with Crippen molar-refractivity contribution < 1.29 is 9.66 Å². The highest BCUT2D eigenvalue weighted by atomic mass is 32.1. The highest BCUT2D eigenvalue weighted by molar-refractivity contribution is 7.12. The lowest BCUT2D eigenvalue weighted by Gasteiger charge is -2.34. The third kappa shape index (κ3) is 6.25. The molecular formula is C21H29N5O3S. The van der Waals surface area contributed by atoms with Gasteiger partial charge in [0.05, 0.1) is 30.7 Å². The van der Waals surface area contributed by atoms with Crippen LogP contribution in [0.5, 0.6) is 0 Å². The fourth-order valence-corrected chi connectivity index (χ4v) is 4.42. The molecule has 2 aromatic rings. The van der Waals surface area contributed by atoms with Crippen LogP contribution in [-0.4, -0.2) is 55.2 Å². The van der Waals surface area contributed by atoms with Crippen LogP contribution in [0.4, 0.5) is 5.69 Å². The molecule has 30 heavy (non-hydrogen) atoms. The van der Waals surface area contributed by atoms with E-state index < -0.39 is 0 Å². The molecule has 1 saturated heterocycles. The van der Waals surface area contributed by atoms with Gasteiger partial charge in [0.2, 0.25) is 0 Å². The Morgan fingerprint density at radius 3 is 2.77 bits per heavy atom. The van der Waals surface area contributed by atoms with Crippen molar-refractivity contribution in [3.63, 3.8) is 0 Å². The van der Waals surface area contributed by atoms with Gasteiger partial charge in [-0.05, 0) is 31.5 Å². The zero-order chi connectivity index (χ0) is 21.3. The first-order chi connectivity index (χ1) is 14.6. The summed E-state index contributed by atoms with van der Waals surface area (Å²) in [6.45, 7) is 9.30. The number of nitrogens with one attached hydrogen (secondary N) is 2. The molecule has 1 aromatic heterocycles. The van der Waals surface area contributed by atoms with Crippen LogP contribution < -0.4 is 10.6 Å². The zero-order valence-corrected chi connectivity index (χ0v) is 18.3. The molecule has 0 bridgehead atoms. The van der Waals surface area contributed by atoms with Gasteiger partial charge < -0.3 is 15.4 Å². The second kappa shape index (κ2) is 11.1. The summed E-state index contributed by atoms with van der Waals surface area (Å²) < 4.78 is 5.53. The average molecular weight is 432 g/mol. The number of nitro groups is 1. The van der Waals surface area contributed by atoms with Crippen LogP contribution in [0.25, 0.3) is 0 Å². The van der Waals surface area contributed by atoms with E-state index in [0.29, 0.717) is 12.5 Å². The van der Waals surface area contributed by atoms with E-state index in [2.05, 4.69) is 39.6 Å². The Bertz CT molecular complexity index is 864. The Morgan fingerprint density at radius 1 is 1.30 bits per heavy atom. The molecule has 1 atom stereocenters. The highest BCUT2D eigenvalue weighted by Gasteiger charge is 2.24. The van der Waals surface area contributed by atoms with Crippen LogP contribution in [-0.2, 0) is 11.3 Å². The van der Waals surface area contributed by atoms with Gasteiger partial charge in [-0.3, -0.25) is 15.0 Å². The van der Waals surface area contributed by atoms with Gasteiger partial charge in [0.1, 0.15) is 0 Å². The van der Waals surface area contributed by atoms with E-state index in [1.54, 1.807) is 12.1 Å². The Labute approximate surface area is 181 Å². The number of hydrogen-bond acceptors (Lipinski definition) is 6. The number of rotatable bonds is 8. The molecule has 3 rings (SSSR count). The molecule has 1 aromatic carbocycles. The molecule has 2 N–H and O–H groups in total. The Hall–Kier alpha value is -2.49. The first-order valence-electron chi connectivity index (χ1n) is 10.2. The van der Waals surface area contributed by atoms with Crippen molar-refractivity contribution in [2.45, 2.75) is 26.4 Å². The Kier molecular flexibility index (Phi) is 8.18. The number of guanidine groups is 1. The van der Waals surface area contributed by atoms with E-state index in [1.807, 2.05) is 24.3 Å². The molecule has 162 valence electrons. The molecule has 8 nitrogen and oxygen atoms in total. The number of ether oxygens (including phenoxy) is 1. The van der Waals surface area contributed by atoms with Gasteiger partial charge in [0.25, 0.3) is 5.69 Å². The van der Waals surface area contributed by atoms with Crippen LogP contribution in [0.3, 0.4) is 0 Å². The molecule has 0 radical (unpaired) electrons. The standard InChI is InChI=1S/C21H29N5O3S/c1-3-22-21(23-14-17-5-4-6-18(13-17)26(27)28)24-15-19(20-8-7-16(2)30-20)25-9-11-29-12-10-25/h4-8,13,19H,3,9-12,14-15H2,1-2H3,(H2,22,23,24). The second-order valence-electron chi connectivity index (χ2n) is 7.12. The maximum absolute atomic E-state index is 11.0. The molecular weight excluding hydrogens is 402 g/mol. The lowest BCUT2D eigenvalue weighted by Crippen LogP contribution is -2.46. The fourth-order valence-electron chi connectivity index (χ4n) is 3.41. The summed E-state index contributed by atoms with van der Waals surface area (Å²) in [7, 11) is 0. The van der Waals surface area contributed by atoms with Crippen molar-refractivity contribution in [1.82, 2.24) is 15.5 Å². The third-order valence-corrected chi connectivity index (χ3v) is 6.03. The predicted octanol–water partition coefficient (Wildman–Crippen LogP) is 3.09. The van der Waals surface area contributed by atoms with Gasteiger partial charge in [0.15, 0.2) is 5.96 Å². The number of benzene rings is 1. The van der Waals surface area contributed by atoms with E-state index in [0.717, 1.165) is 45.0 Å². The SMILES string of the molecule is CCNC(=NCc1cccc([N+](=O)[O-])c1)NCC(c1ccc(C)s1)N1CCOCC1. The molecule has 1 unspecified atom stereocenters. The number of non-ortho nitro benzene ring substituents is 1. The van der Waals surface area contributed by atoms with Gasteiger partial charge in [0, 0.05) is 48.1 Å². The molecule has 0 amide bonds. The summed E-state index contributed by atoms with van der Waals surface area (Å²) in [4.78, 5) is 20.3. The number of aryl methyl sites for hydroxylation is 1. The van der Waals surface area contributed by atoms with Gasteiger partial charge in [-0.25, -0.2) is 4.99 Å². The van der Waals surface area contributed by atoms with Crippen molar-refractivity contribution in [3.05, 3.63) is 61.8 Å². The molecule has 2 heterocycles. The van der Waals surface area contributed by atoms with E-state index >= 15 is 0 Å². The van der Waals surface area contributed by atoms with Crippen LogP contribution in [0.2, 0.25) is 0 Å². The minimum atomic E-state index is -0.382. The molecule has 0 aliphatic carbocycles. The van der Waals surface area contributed by atoms with E-state index in [9.17, 15) is 10.1 Å². The van der Waals surface area contributed by atoms with Crippen LogP contribution >= 0.6 is 11.3 Å². The minimum absolute atomic E-state index is 0.0844. The first kappa shape index (κ1) is 22.2. The number of nitrogens with zero attached hydrogens (tertiary/aromatic N) is 3. The smallest absolute Gasteiger partial charge is 0.269 e. The lowest BCUT2D eigenvalue weighted by atomic mass is 10.2. The largest absolute Gasteiger partial charge is 0.379 e. The average Bonchev–Trinajstić information content (AvgIpc) is 3.19. The summed E-state index contributed by atoms with van der Waals surface area (Å²) in [6.07, 6.45) is 0. The number of morpholine rings is 1. The van der Waals surface area contributed by atoms with Crippen molar-refractivity contribution >= 4 is 23.0 Å². The van der Waals surface area contributed by atoms with Crippen molar-refractivity contribution in [3.8, 4) is 0 Å². The van der Waals surface area contributed by atoms with E-state index in [4.69, 9.17) is 4.74 Å². The summed E-state index contributed by atoms with van der Waals surface area (Å²) in [5, 5.41) is 17.7. The number of thiophene rings is 1. The topological polar surface area (TPSA) is 92.0 Å². The monoisotopic (exact) mass is 431 g/mol. The third-order valence-electron chi connectivity index (χ3n) is 4.92. The maximum atomic E-state index is 11.0. The Morgan fingerprint density at radius 2 is 2.10 bits per heavy atom. The van der Waals surface area contributed by atoms with Crippen LogP contribution in [0.15, 0.2) is 41.4 Å². The van der Waals surface area contributed by atoms with Crippen LogP contribution in [0, 0.1) is 17.0 Å². The second-order valence-corrected chi connectivity index (χ2v) is 8.44. The van der Waals surface area contributed by atoms with Crippen molar-refractivity contribution in [2.75, 3.05) is 39.4 Å². The van der Waals surface area contributed by atoms with E-state index in [-0.39, 0.29) is 16.7 Å². The van der Waals surface area contributed by atoms with Crippen LogP contribution in [0.1, 0.15) is 28.3 Å². The number of aliphatic imine (C=N–C) groups is 1. The van der Waals surface area contributed by atoms with Gasteiger partial charge in [-0.2, -0.15) is 0 Å². The number of hydrogen-bond donors (Lipinski definition) is 2. The van der Waals surface area contributed by atoms with E-state index in [1.165, 1.54) is 15.8 Å². The lowest BCUT2D eigenvalue weighted by molar-refractivity contribution is -0.384. The normalized spacial score (nSPS) is 16.3. The van der Waals surface area contributed by atoms with Crippen molar-refractivity contribution in [2.24, 2.45) is 4.99 Å². The highest BCUT2D eigenvalue weighted by Crippen LogP contribution is 2.27. The maximum Gasteiger partial charge on any atom is 0.269 e. The summed E-state index contributed by atoms with van der Waals surface area (Å²) >= 11 is 1.82. The molecule has 9 heteroatoms. The molecule has 1 aliphatic rings. The van der Waals surface area contributed by atoms with Gasteiger partial charge in [-0.1, -0.05) is 12.1 Å². The quantitative estimate of drug-likeness (QED) is 0.289. The predicted molar refractivity (Wildman–Crippen MR) is 120 cm³/mol. The number of nitro benzene ring substituents is 1. The molecule has 1 aliphatic heterocycles. The summed E-state index contributed by atoms with van der Waals surface area (Å²) in [5.74, 6) is 0.704. The Balaban J connectivity index is 1.69. The van der Waals surface area contributed by atoms with Crippen molar-refractivity contribution in [1.29, 1.82) is 0 Å². The minimum Gasteiger partial charge on any atom is -0.379 e. The molecule has 0 saturated carbocycles. The summed E-state index contributed by atoms with van der Waals surface area (Å²) in [5.41, 5.74) is 0.890. The summed E-state index contributed by atoms with van der Waals surface area (Å²) in [6, 6.07) is 11.2. The molecule has 1 fully saturated rings. The first-order valence-corrected chi connectivity index (χ1v) is 11.0. The zero-order valence-electron chi connectivity index (χ0n) is 17.5. The van der Waals surface area contributed by atoms with Gasteiger partial charge >= 0.3 is 0 Å². The van der Waals surface area contributed by atoms with Gasteiger partial charge in [-0.15, -0.1) is 11.3 Å². The fraction of sp³-hybridized carbons (Fsp3) is 0.476.